The first-order valence-corrected chi connectivity index (χ1v) is 8.39. The number of thiazole rings is 1. The second-order valence-electron chi connectivity index (χ2n) is 5.02. The van der Waals surface area contributed by atoms with Crippen LogP contribution in [0.5, 0.6) is 0 Å². The Labute approximate surface area is 130 Å². The summed E-state index contributed by atoms with van der Waals surface area (Å²) in [4.78, 5) is 18.9. The lowest BCUT2D eigenvalue weighted by molar-refractivity contribution is 0.112. The van der Waals surface area contributed by atoms with E-state index in [1.165, 1.54) is 11.3 Å². The molecule has 0 unspecified atom stereocenters. The molecule has 0 aliphatic carbocycles. The average molecular weight is 302 g/mol. The number of unbranched alkanes of at least 4 members (excludes halogenated alkanes) is 1. The van der Waals surface area contributed by atoms with Gasteiger partial charge in [0.2, 0.25) is 0 Å². The van der Waals surface area contributed by atoms with E-state index in [1.54, 1.807) is 0 Å². The zero-order chi connectivity index (χ0) is 15.1. The van der Waals surface area contributed by atoms with Crippen molar-refractivity contribution < 1.29 is 4.79 Å². The third kappa shape index (κ3) is 3.91. The predicted molar refractivity (Wildman–Crippen MR) is 89.9 cm³/mol. The molecule has 1 aromatic heterocycles. The van der Waals surface area contributed by atoms with Crippen LogP contribution >= 0.6 is 11.3 Å². The summed E-state index contributed by atoms with van der Waals surface area (Å²) in [5.74, 6) is 0. The number of aldehydes is 1. The molecular weight excluding hydrogens is 280 g/mol. The first-order chi connectivity index (χ1) is 10.3. The van der Waals surface area contributed by atoms with Crippen LogP contribution in [-0.4, -0.2) is 17.8 Å². The Morgan fingerprint density at radius 3 is 2.57 bits per heavy atom. The van der Waals surface area contributed by atoms with E-state index in [4.69, 9.17) is 4.98 Å². The van der Waals surface area contributed by atoms with Gasteiger partial charge in [0.25, 0.3) is 0 Å². The fraction of sp³-hybridized carbons (Fsp3) is 0.412. The monoisotopic (exact) mass is 302 g/mol. The number of nitrogens with zero attached hydrogens (tertiary/aromatic N) is 2. The first kappa shape index (κ1) is 15.7. The van der Waals surface area contributed by atoms with Crippen molar-refractivity contribution >= 4 is 28.4 Å². The van der Waals surface area contributed by atoms with Crippen molar-refractivity contribution in [2.24, 2.45) is 0 Å². The third-order valence-electron chi connectivity index (χ3n) is 3.34. The maximum atomic E-state index is 11.2. The Morgan fingerprint density at radius 1 is 1.19 bits per heavy atom. The Kier molecular flexibility index (Phi) is 5.93. The fourth-order valence-corrected chi connectivity index (χ4v) is 3.21. The average Bonchev–Trinajstić information content (AvgIpc) is 2.92. The van der Waals surface area contributed by atoms with Gasteiger partial charge in [0.1, 0.15) is 0 Å². The van der Waals surface area contributed by atoms with Gasteiger partial charge in [-0.3, -0.25) is 4.79 Å². The maximum absolute atomic E-state index is 11.2. The molecule has 0 bridgehead atoms. The van der Waals surface area contributed by atoms with Crippen LogP contribution < -0.4 is 4.90 Å². The SMILES string of the molecule is CCCCN(c1ccccc1)c1nc(CCC)c(C=O)s1. The Hall–Kier alpha value is -1.68. The summed E-state index contributed by atoms with van der Waals surface area (Å²) in [7, 11) is 0. The summed E-state index contributed by atoms with van der Waals surface area (Å²) >= 11 is 1.50. The van der Waals surface area contributed by atoms with Crippen LogP contribution in [0, 0.1) is 0 Å². The standard InChI is InChI=1S/C17H22N2OS/c1-3-5-12-19(14-10-7-6-8-11-14)17-18-15(9-4-2)16(13-20)21-17/h6-8,10-11,13H,3-5,9,12H2,1-2H3. The number of hydrogen-bond donors (Lipinski definition) is 0. The van der Waals surface area contributed by atoms with Gasteiger partial charge < -0.3 is 4.90 Å². The van der Waals surface area contributed by atoms with E-state index >= 15 is 0 Å². The predicted octanol–water partition coefficient (Wildman–Crippen LogP) is 4.85. The van der Waals surface area contributed by atoms with Gasteiger partial charge in [0.05, 0.1) is 10.6 Å². The van der Waals surface area contributed by atoms with Gasteiger partial charge in [0, 0.05) is 12.2 Å². The molecule has 2 aromatic rings. The number of benzene rings is 1. The molecular formula is C17H22N2OS. The van der Waals surface area contributed by atoms with Gasteiger partial charge in [-0.15, -0.1) is 0 Å². The number of carbonyl (C=O) groups excluding carboxylic acids is 1. The van der Waals surface area contributed by atoms with Crippen LogP contribution in [0.3, 0.4) is 0 Å². The molecule has 21 heavy (non-hydrogen) atoms. The van der Waals surface area contributed by atoms with Crippen LogP contribution in [0.4, 0.5) is 10.8 Å². The molecule has 0 N–H and O–H groups in total. The van der Waals surface area contributed by atoms with Gasteiger partial charge in [-0.05, 0) is 25.0 Å². The zero-order valence-corrected chi connectivity index (χ0v) is 13.5. The summed E-state index contributed by atoms with van der Waals surface area (Å²) in [6.07, 6.45) is 5.05. The summed E-state index contributed by atoms with van der Waals surface area (Å²) in [6, 6.07) is 10.3. The Balaban J connectivity index is 2.34. The van der Waals surface area contributed by atoms with E-state index < -0.39 is 0 Å². The fourth-order valence-electron chi connectivity index (χ4n) is 2.23. The lowest BCUT2D eigenvalue weighted by Crippen LogP contribution is -2.18. The van der Waals surface area contributed by atoms with E-state index in [0.29, 0.717) is 0 Å². The Morgan fingerprint density at radius 2 is 1.95 bits per heavy atom. The molecule has 1 aromatic carbocycles. The van der Waals surface area contributed by atoms with E-state index in [-0.39, 0.29) is 0 Å². The quantitative estimate of drug-likeness (QED) is 0.654. The first-order valence-electron chi connectivity index (χ1n) is 7.57. The van der Waals surface area contributed by atoms with Gasteiger partial charge in [-0.2, -0.15) is 0 Å². The lowest BCUT2D eigenvalue weighted by Gasteiger charge is -2.21. The molecule has 0 saturated carbocycles. The molecule has 0 saturated heterocycles. The van der Waals surface area contributed by atoms with Gasteiger partial charge in [-0.1, -0.05) is 56.2 Å². The van der Waals surface area contributed by atoms with Gasteiger partial charge in [0.15, 0.2) is 11.4 Å². The normalized spacial score (nSPS) is 10.6. The molecule has 0 amide bonds. The molecule has 4 heteroatoms. The van der Waals surface area contributed by atoms with E-state index in [9.17, 15) is 4.79 Å². The van der Waals surface area contributed by atoms with E-state index in [1.807, 2.05) is 18.2 Å². The largest absolute Gasteiger partial charge is 0.318 e. The zero-order valence-electron chi connectivity index (χ0n) is 12.7. The minimum atomic E-state index is 0.768. The molecule has 0 aliphatic heterocycles. The molecule has 1 heterocycles. The van der Waals surface area contributed by atoms with E-state index in [0.717, 1.165) is 59.9 Å². The highest BCUT2D eigenvalue weighted by atomic mass is 32.1. The lowest BCUT2D eigenvalue weighted by atomic mass is 10.2. The number of aromatic nitrogens is 1. The molecule has 0 radical (unpaired) electrons. The summed E-state index contributed by atoms with van der Waals surface area (Å²) < 4.78 is 0. The number of carbonyl (C=O) groups is 1. The van der Waals surface area contributed by atoms with Gasteiger partial charge >= 0.3 is 0 Å². The van der Waals surface area contributed by atoms with Crippen molar-refractivity contribution in [3.05, 3.63) is 40.9 Å². The smallest absolute Gasteiger partial charge is 0.190 e. The highest BCUT2D eigenvalue weighted by Gasteiger charge is 2.16. The number of rotatable bonds is 8. The summed E-state index contributed by atoms with van der Waals surface area (Å²) in [5.41, 5.74) is 2.07. The molecule has 0 atom stereocenters. The van der Waals surface area contributed by atoms with Crippen molar-refractivity contribution in [3.63, 3.8) is 0 Å². The maximum Gasteiger partial charge on any atom is 0.190 e. The highest BCUT2D eigenvalue weighted by molar-refractivity contribution is 7.17. The minimum Gasteiger partial charge on any atom is -0.318 e. The van der Waals surface area contributed by atoms with Crippen molar-refractivity contribution in [2.75, 3.05) is 11.4 Å². The number of hydrogen-bond acceptors (Lipinski definition) is 4. The molecule has 2 rings (SSSR count). The molecule has 0 aliphatic rings. The molecule has 112 valence electrons. The van der Waals surface area contributed by atoms with Crippen LogP contribution in [0.2, 0.25) is 0 Å². The Bertz CT molecular complexity index is 565. The topological polar surface area (TPSA) is 33.2 Å². The van der Waals surface area contributed by atoms with Crippen LogP contribution in [-0.2, 0) is 6.42 Å². The second kappa shape index (κ2) is 7.93. The van der Waals surface area contributed by atoms with Crippen LogP contribution in [0.15, 0.2) is 30.3 Å². The molecule has 3 nitrogen and oxygen atoms in total. The number of anilines is 2. The minimum absolute atomic E-state index is 0.768. The molecule has 0 fully saturated rings. The van der Waals surface area contributed by atoms with Crippen LogP contribution in [0.1, 0.15) is 48.5 Å². The van der Waals surface area contributed by atoms with E-state index in [2.05, 4.69) is 30.9 Å². The third-order valence-corrected chi connectivity index (χ3v) is 4.39. The number of para-hydroxylation sites is 1. The van der Waals surface area contributed by atoms with Crippen molar-refractivity contribution in [1.82, 2.24) is 4.98 Å². The highest BCUT2D eigenvalue weighted by Crippen LogP contribution is 2.31. The van der Waals surface area contributed by atoms with Gasteiger partial charge in [-0.25, -0.2) is 4.98 Å². The van der Waals surface area contributed by atoms with Crippen molar-refractivity contribution in [2.45, 2.75) is 39.5 Å². The van der Waals surface area contributed by atoms with Crippen LogP contribution in [0.25, 0.3) is 0 Å². The van der Waals surface area contributed by atoms with Crippen molar-refractivity contribution in [3.8, 4) is 0 Å². The second-order valence-corrected chi connectivity index (χ2v) is 6.03. The summed E-state index contributed by atoms with van der Waals surface area (Å²) in [6.45, 7) is 5.22. The number of aryl methyl sites for hydroxylation is 1. The van der Waals surface area contributed by atoms with Crippen molar-refractivity contribution in [1.29, 1.82) is 0 Å². The summed E-state index contributed by atoms with van der Waals surface area (Å²) in [5, 5.41) is 0.931. The molecule has 0 spiro atoms.